The van der Waals surface area contributed by atoms with Crippen molar-refractivity contribution >= 4 is 22.1 Å². The van der Waals surface area contributed by atoms with Crippen LogP contribution in [-0.4, -0.2) is 48.8 Å². The Morgan fingerprint density at radius 2 is 1.95 bits per heavy atom. The summed E-state index contributed by atoms with van der Waals surface area (Å²) in [5, 5.41) is 8.84. The number of hydrogen-bond acceptors (Lipinski definition) is 4. The third-order valence-electron chi connectivity index (χ3n) is 3.00. The van der Waals surface area contributed by atoms with Gasteiger partial charge in [0.2, 0.25) is 5.91 Å². The van der Waals surface area contributed by atoms with Gasteiger partial charge in [-0.25, -0.2) is 0 Å². The number of primary amides is 1. The molecule has 1 amide bonds. The van der Waals surface area contributed by atoms with Crippen molar-refractivity contribution in [2.75, 3.05) is 13.1 Å². The van der Waals surface area contributed by atoms with Gasteiger partial charge in [0.1, 0.15) is 0 Å². The minimum atomic E-state index is -3.69. The van der Waals surface area contributed by atoms with Crippen LogP contribution < -0.4 is 10.5 Å². The second-order valence-corrected chi connectivity index (χ2v) is 6.41. The lowest BCUT2D eigenvalue weighted by Gasteiger charge is -2.30. The number of amides is 1. The first kappa shape index (κ1) is 15.9. The van der Waals surface area contributed by atoms with Crippen LogP contribution in [0.5, 0.6) is 0 Å². The molecular formula is C10H19N3O5S. The number of carbonyl (C=O) groups is 2. The zero-order valence-electron chi connectivity index (χ0n) is 10.7. The second kappa shape index (κ2) is 6.31. The van der Waals surface area contributed by atoms with E-state index in [-0.39, 0.29) is 19.5 Å². The van der Waals surface area contributed by atoms with Crippen LogP contribution in [0.3, 0.4) is 0 Å². The van der Waals surface area contributed by atoms with E-state index in [1.165, 1.54) is 4.31 Å². The summed E-state index contributed by atoms with van der Waals surface area (Å²) in [6, 6.07) is -0.584. The van der Waals surface area contributed by atoms with Gasteiger partial charge in [-0.2, -0.15) is 17.4 Å². The van der Waals surface area contributed by atoms with Crippen molar-refractivity contribution < 1.29 is 23.1 Å². The molecule has 19 heavy (non-hydrogen) atoms. The summed E-state index contributed by atoms with van der Waals surface area (Å²) in [6.45, 7) is 1.87. The number of carboxylic acids is 1. The van der Waals surface area contributed by atoms with Gasteiger partial charge in [0.25, 0.3) is 10.2 Å². The highest BCUT2D eigenvalue weighted by Crippen LogP contribution is 2.19. The summed E-state index contributed by atoms with van der Waals surface area (Å²) in [7, 11) is -3.69. The van der Waals surface area contributed by atoms with E-state index in [4.69, 9.17) is 10.8 Å². The molecule has 1 saturated heterocycles. The maximum Gasteiger partial charge on any atom is 0.306 e. The predicted octanol–water partition coefficient (Wildman–Crippen LogP) is -1.12. The molecule has 0 radical (unpaired) electrons. The monoisotopic (exact) mass is 293 g/mol. The standard InChI is InChI=1S/C10H19N3O5S/c1-7(6-9(11)14)12-19(17,18)13-4-2-8(3-5-13)10(15)16/h7-8,12H,2-6H2,1H3,(H2,11,14)(H,15,16). The molecule has 1 atom stereocenters. The molecule has 1 rings (SSSR count). The van der Waals surface area contributed by atoms with Crippen molar-refractivity contribution in [2.45, 2.75) is 32.2 Å². The average molecular weight is 293 g/mol. The lowest BCUT2D eigenvalue weighted by atomic mass is 9.99. The third-order valence-corrected chi connectivity index (χ3v) is 4.75. The van der Waals surface area contributed by atoms with Crippen molar-refractivity contribution in [3.8, 4) is 0 Å². The van der Waals surface area contributed by atoms with Crippen LogP contribution in [0.4, 0.5) is 0 Å². The van der Waals surface area contributed by atoms with Crippen molar-refractivity contribution in [2.24, 2.45) is 11.7 Å². The summed E-state index contributed by atoms with van der Waals surface area (Å²) in [6.07, 6.45) is 0.506. The molecule has 0 spiro atoms. The Morgan fingerprint density at radius 3 is 2.37 bits per heavy atom. The molecule has 0 aliphatic carbocycles. The van der Waals surface area contributed by atoms with Crippen LogP contribution in [0.15, 0.2) is 0 Å². The first-order valence-electron chi connectivity index (χ1n) is 6.01. The van der Waals surface area contributed by atoms with Gasteiger partial charge in [-0.1, -0.05) is 0 Å². The Balaban J connectivity index is 2.55. The fourth-order valence-electron chi connectivity index (χ4n) is 2.02. The molecule has 110 valence electrons. The van der Waals surface area contributed by atoms with Crippen molar-refractivity contribution in [3.05, 3.63) is 0 Å². The van der Waals surface area contributed by atoms with E-state index in [1.807, 2.05) is 0 Å². The largest absolute Gasteiger partial charge is 0.481 e. The summed E-state index contributed by atoms with van der Waals surface area (Å²) >= 11 is 0. The summed E-state index contributed by atoms with van der Waals surface area (Å²) < 4.78 is 27.5. The molecular weight excluding hydrogens is 274 g/mol. The lowest BCUT2D eigenvalue weighted by molar-refractivity contribution is -0.143. The quantitative estimate of drug-likeness (QED) is 0.571. The van der Waals surface area contributed by atoms with E-state index in [0.29, 0.717) is 12.8 Å². The van der Waals surface area contributed by atoms with Gasteiger partial charge in [0, 0.05) is 25.6 Å². The van der Waals surface area contributed by atoms with Gasteiger partial charge in [-0.15, -0.1) is 0 Å². The molecule has 0 aromatic rings. The van der Waals surface area contributed by atoms with E-state index >= 15 is 0 Å². The minimum Gasteiger partial charge on any atom is -0.481 e. The highest BCUT2D eigenvalue weighted by Gasteiger charge is 2.31. The number of carbonyl (C=O) groups excluding carboxylic acids is 1. The summed E-state index contributed by atoms with van der Waals surface area (Å²) in [5.41, 5.74) is 4.99. The van der Waals surface area contributed by atoms with Gasteiger partial charge in [-0.3, -0.25) is 9.59 Å². The molecule has 0 saturated carbocycles. The molecule has 9 heteroatoms. The molecule has 1 fully saturated rings. The van der Waals surface area contributed by atoms with Crippen LogP contribution in [0.2, 0.25) is 0 Å². The Labute approximate surface area is 112 Å². The number of aliphatic carboxylic acids is 1. The molecule has 4 N–H and O–H groups in total. The lowest BCUT2D eigenvalue weighted by Crippen LogP contribution is -2.48. The van der Waals surface area contributed by atoms with Crippen LogP contribution in [0.25, 0.3) is 0 Å². The molecule has 0 aromatic heterocycles. The van der Waals surface area contributed by atoms with Gasteiger partial charge in [0.15, 0.2) is 0 Å². The van der Waals surface area contributed by atoms with Gasteiger partial charge in [0.05, 0.1) is 5.92 Å². The number of carboxylic acid groups (broad SMARTS) is 1. The number of piperidine rings is 1. The smallest absolute Gasteiger partial charge is 0.306 e. The van der Waals surface area contributed by atoms with Crippen LogP contribution in [0.1, 0.15) is 26.2 Å². The van der Waals surface area contributed by atoms with Gasteiger partial charge < -0.3 is 10.8 Å². The first-order valence-corrected chi connectivity index (χ1v) is 7.45. The molecule has 1 heterocycles. The predicted molar refractivity (Wildman–Crippen MR) is 67.3 cm³/mol. The zero-order chi connectivity index (χ0) is 14.6. The fraction of sp³-hybridized carbons (Fsp3) is 0.800. The molecule has 0 aromatic carbocycles. The number of nitrogens with one attached hydrogen (secondary N) is 1. The Kier molecular flexibility index (Phi) is 5.27. The third kappa shape index (κ3) is 4.77. The number of nitrogens with two attached hydrogens (primary N) is 1. The normalized spacial score (nSPS) is 20.1. The molecule has 0 bridgehead atoms. The number of rotatable bonds is 6. The van der Waals surface area contributed by atoms with Crippen molar-refractivity contribution in [1.82, 2.24) is 9.03 Å². The van der Waals surface area contributed by atoms with E-state index in [9.17, 15) is 18.0 Å². The Morgan fingerprint density at radius 1 is 1.42 bits per heavy atom. The van der Waals surface area contributed by atoms with E-state index in [0.717, 1.165) is 0 Å². The van der Waals surface area contributed by atoms with Crippen molar-refractivity contribution in [3.63, 3.8) is 0 Å². The highest BCUT2D eigenvalue weighted by molar-refractivity contribution is 7.87. The summed E-state index contributed by atoms with van der Waals surface area (Å²) in [5.74, 6) is -1.97. The summed E-state index contributed by atoms with van der Waals surface area (Å²) in [4.78, 5) is 21.5. The Bertz CT molecular complexity index is 442. The fourth-order valence-corrected chi connectivity index (χ4v) is 3.45. The molecule has 8 nitrogen and oxygen atoms in total. The van der Waals surface area contributed by atoms with Gasteiger partial charge >= 0.3 is 5.97 Å². The van der Waals surface area contributed by atoms with Crippen LogP contribution in [0, 0.1) is 5.92 Å². The topological polar surface area (TPSA) is 130 Å². The molecule has 1 aliphatic rings. The minimum absolute atomic E-state index is 0.0786. The Hall–Kier alpha value is -1.19. The van der Waals surface area contributed by atoms with Crippen LogP contribution >= 0.6 is 0 Å². The van der Waals surface area contributed by atoms with E-state index < -0.39 is 34.0 Å². The maximum absolute atomic E-state index is 12.0. The van der Waals surface area contributed by atoms with Gasteiger partial charge in [-0.05, 0) is 19.8 Å². The molecule has 1 unspecified atom stereocenters. The van der Waals surface area contributed by atoms with E-state index in [2.05, 4.69) is 4.72 Å². The highest BCUT2D eigenvalue weighted by atomic mass is 32.2. The van der Waals surface area contributed by atoms with Crippen molar-refractivity contribution in [1.29, 1.82) is 0 Å². The number of nitrogens with zero attached hydrogens (tertiary/aromatic N) is 1. The first-order chi connectivity index (χ1) is 8.72. The SMILES string of the molecule is CC(CC(N)=O)NS(=O)(=O)N1CCC(C(=O)O)CC1. The number of hydrogen-bond donors (Lipinski definition) is 3. The van der Waals surface area contributed by atoms with Crippen LogP contribution in [-0.2, 0) is 19.8 Å². The maximum atomic E-state index is 12.0. The average Bonchev–Trinajstić information content (AvgIpc) is 2.27. The molecule has 1 aliphatic heterocycles. The second-order valence-electron chi connectivity index (χ2n) is 4.71. The van der Waals surface area contributed by atoms with E-state index in [1.54, 1.807) is 6.92 Å². The zero-order valence-corrected chi connectivity index (χ0v) is 11.5.